The monoisotopic (exact) mass is 379 g/mol. The van der Waals surface area contributed by atoms with Gasteiger partial charge in [-0.05, 0) is 24.3 Å². The van der Waals surface area contributed by atoms with Crippen molar-refractivity contribution >= 4 is 27.9 Å². The van der Waals surface area contributed by atoms with Crippen LogP contribution in [0.2, 0.25) is 0 Å². The highest BCUT2D eigenvalue weighted by atomic mass is 32.1. The van der Waals surface area contributed by atoms with E-state index in [0.29, 0.717) is 17.1 Å². The third-order valence-electron chi connectivity index (χ3n) is 4.13. The van der Waals surface area contributed by atoms with Crippen molar-refractivity contribution in [3.8, 4) is 22.8 Å². The standard InChI is InChI=1S/C20H17N3O3S/c1-25-15-7-3-5-13(9-15)17-11-23-18(12-27-20(23)22-17)19(24)21-14-6-4-8-16(10-14)26-2/h3-12H,1-2H3,(H,21,24). The number of rotatable bonds is 5. The fraction of sp³-hybridized carbons (Fsp3) is 0.100. The van der Waals surface area contributed by atoms with Crippen LogP contribution in [0.25, 0.3) is 16.2 Å². The maximum absolute atomic E-state index is 12.7. The number of hydrogen-bond acceptors (Lipinski definition) is 5. The summed E-state index contributed by atoms with van der Waals surface area (Å²) >= 11 is 1.42. The second kappa shape index (κ2) is 7.13. The van der Waals surface area contributed by atoms with E-state index in [1.165, 1.54) is 11.3 Å². The van der Waals surface area contributed by atoms with E-state index < -0.39 is 0 Å². The molecule has 0 aliphatic heterocycles. The van der Waals surface area contributed by atoms with Crippen LogP contribution >= 0.6 is 11.3 Å². The van der Waals surface area contributed by atoms with Gasteiger partial charge in [-0.25, -0.2) is 4.98 Å². The molecule has 2 aromatic heterocycles. The molecule has 0 bridgehead atoms. The van der Waals surface area contributed by atoms with Crippen molar-refractivity contribution in [2.75, 3.05) is 19.5 Å². The zero-order chi connectivity index (χ0) is 18.8. The molecule has 2 aromatic carbocycles. The number of carbonyl (C=O) groups excluding carboxylic acids is 1. The Morgan fingerprint density at radius 1 is 1.07 bits per heavy atom. The van der Waals surface area contributed by atoms with Crippen molar-refractivity contribution in [2.45, 2.75) is 0 Å². The van der Waals surface area contributed by atoms with E-state index in [0.717, 1.165) is 22.0 Å². The Morgan fingerprint density at radius 3 is 2.59 bits per heavy atom. The highest BCUT2D eigenvalue weighted by Gasteiger charge is 2.16. The molecule has 0 unspecified atom stereocenters. The first-order valence-electron chi connectivity index (χ1n) is 8.24. The molecule has 1 N–H and O–H groups in total. The maximum atomic E-state index is 12.7. The molecule has 0 spiro atoms. The summed E-state index contributed by atoms with van der Waals surface area (Å²) in [5.41, 5.74) is 2.92. The fourth-order valence-electron chi connectivity index (χ4n) is 2.76. The van der Waals surface area contributed by atoms with Crippen molar-refractivity contribution in [3.05, 3.63) is 65.8 Å². The van der Waals surface area contributed by atoms with Gasteiger partial charge in [0.15, 0.2) is 4.96 Å². The predicted molar refractivity (Wildman–Crippen MR) is 106 cm³/mol. The van der Waals surface area contributed by atoms with E-state index in [-0.39, 0.29) is 5.91 Å². The van der Waals surface area contributed by atoms with Gasteiger partial charge in [0.1, 0.15) is 17.2 Å². The highest BCUT2D eigenvalue weighted by Crippen LogP contribution is 2.27. The summed E-state index contributed by atoms with van der Waals surface area (Å²) in [6.07, 6.45) is 1.86. The number of anilines is 1. The lowest BCUT2D eigenvalue weighted by atomic mass is 10.1. The first kappa shape index (κ1) is 17.1. The summed E-state index contributed by atoms with van der Waals surface area (Å²) < 4.78 is 12.3. The van der Waals surface area contributed by atoms with Crippen molar-refractivity contribution in [2.24, 2.45) is 0 Å². The minimum Gasteiger partial charge on any atom is -0.497 e. The average molecular weight is 379 g/mol. The Morgan fingerprint density at radius 2 is 1.81 bits per heavy atom. The molecule has 0 aliphatic carbocycles. The number of ether oxygens (including phenoxy) is 2. The van der Waals surface area contributed by atoms with Crippen molar-refractivity contribution in [3.63, 3.8) is 0 Å². The second-order valence-corrected chi connectivity index (χ2v) is 6.65. The van der Waals surface area contributed by atoms with E-state index in [2.05, 4.69) is 10.3 Å². The Balaban J connectivity index is 1.64. The molecule has 0 aliphatic rings. The van der Waals surface area contributed by atoms with E-state index in [9.17, 15) is 4.79 Å². The lowest BCUT2D eigenvalue weighted by Crippen LogP contribution is -2.13. The number of hydrogen-bond donors (Lipinski definition) is 1. The van der Waals surface area contributed by atoms with Crippen LogP contribution in [0.15, 0.2) is 60.1 Å². The van der Waals surface area contributed by atoms with Gasteiger partial charge in [0.25, 0.3) is 5.91 Å². The van der Waals surface area contributed by atoms with Gasteiger partial charge in [-0.1, -0.05) is 18.2 Å². The van der Waals surface area contributed by atoms with Gasteiger partial charge in [0, 0.05) is 28.9 Å². The van der Waals surface area contributed by atoms with E-state index in [4.69, 9.17) is 9.47 Å². The molecule has 27 heavy (non-hydrogen) atoms. The molecule has 0 saturated heterocycles. The number of aromatic nitrogens is 2. The molecule has 6 nitrogen and oxygen atoms in total. The van der Waals surface area contributed by atoms with Crippen molar-refractivity contribution < 1.29 is 14.3 Å². The van der Waals surface area contributed by atoms with Gasteiger partial charge < -0.3 is 14.8 Å². The summed E-state index contributed by atoms with van der Waals surface area (Å²) in [7, 11) is 3.22. The van der Waals surface area contributed by atoms with Gasteiger partial charge in [-0.15, -0.1) is 11.3 Å². The Bertz CT molecular complexity index is 1120. The van der Waals surface area contributed by atoms with Crippen LogP contribution in [-0.2, 0) is 0 Å². The molecule has 4 aromatic rings. The van der Waals surface area contributed by atoms with E-state index in [1.807, 2.05) is 48.7 Å². The highest BCUT2D eigenvalue weighted by molar-refractivity contribution is 7.15. The Hall–Kier alpha value is -3.32. The lowest BCUT2D eigenvalue weighted by Gasteiger charge is -2.06. The first-order valence-corrected chi connectivity index (χ1v) is 9.12. The fourth-order valence-corrected chi connectivity index (χ4v) is 3.62. The number of nitrogens with zero attached hydrogens (tertiary/aromatic N) is 2. The normalized spacial score (nSPS) is 10.7. The smallest absolute Gasteiger partial charge is 0.273 e. The van der Waals surface area contributed by atoms with Gasteiger partial charge in [-0.3, -0.25) is 9.20 Å². The molecular weight excluding hydrogens is 362 g/mol. The number of benzene rings is 2. The number of amides is 1. The van der Waals surface area contributed by atoms with Crippen LogP contribution in [0.1, 0.15) is 10.5 Å². The minimum atomic E-state index is -0.205. The second-order valence-electron chi connectivity index (χ2n) is 5.82. The average Bonchev–Trinajstić information content (AvgIpc) is 3.29. The summed E-state index contributed by atoms with van der Waals surface area (Å²) in [5, 5.41) is 4.70. The van der Waals surface area contributed by atoms with Crippen LogP contribution in [0.3, 0.4) is 0 Å². The zero-order valence-electron chi connectivity index (χ0n) is 14.8. The SMILES string of the molecule is COc1cccc(NC(=O)c2csc3nc(-c4cccc(OC)c4)cn23)c1. The quantitative estimate of drug-likeness (QED) is 0.560. The molecule has 7 heteroatoms. The third kappa shape index (κ3) is 3.37. The molecule has 0 atom stereocenters. The molecule has 1 amide bonds. The van der Waals surface area contributed by atoms with Gasteiger partial charge in [-0.2, -0.15) is 0 Å². The lowest BCUT2D eigenvalue weighted by molar-refractivity contribution is 0.102. The van der Waals surface area contributed by atoms with Crippen LogP contribution in [0.5, 0.6) is 11.5 Å². The Kier molecular flexibility index (Phi) is 4.52. The van der Waals surface area contributed by atoms with Crippen LogP contribution in [0.4, 0.5) is 5.69 Å². The largest absolute Gasteiger partial charge is 0.497 e. The van der Waals surface area contributed by atoms with Gasteiger partial charge >= 0.3 is 0 Å². The summed E-state index contributed by atoms with van der Waals surface area (Å²) in [6.45, 7) is 0. The molecule has 4 rings (SSSR count). The van der Waals surface area contributed by atoms with E-state index in [1.54, 1.807) is 30.1 Å². The molecular formula is C20H17N3O3S. The number of fused-ring (bicyclic) bond motifs is 1. The minimum absolute atomic E-state index is 0.205. The zero-order valence-corrected chi connectivity index (χ0v) is 15.6. The molecule has 0 fully saturated rings. The predicted octanol–water partition coefficient (Wildman–Crippen LogP) is 4.33. The van der Waals surface area contributed by atoms with Crippen LogP contribution in [-0.4, -0.2) is 29.5 Å². The van der Waals surface area contributed by atoms with Gasteiger partial charge in [0.2, 0.25) is 0 Å². The molecule has 2 heterocycles. The van der Waals surface area contributed by atoms with Crippen molar-refractivity contribution in [1.82, 2.24) is 9.38 Å². The number of nitrogens with one attached hydrogen (secondary N) is 1. The van der Waals surface area contributed by atoms with Gasteiger partial charge in [0.05, 0.1) is 19.9 Å². The Labute approximate surface area is 160 Å². The molecule has 0 saturated carbocycles. The van der Waals surface area contributed by atoms with Crippen LogP contribution in [0, 0.1) is 0 Å². The number of imidazole rings is 1. The number of methoxy groups -OCH3 is 2. The summed E-state index contributed by atoms with van der Waals surface area (Å²) in [6, 6.07) is 14.9. The summed E-state index contributed by atoms with van der Waals surface area (Å²) in [4.78, 5) is 18.1. The van der Waals surface area contributed by atoms with Crippen LogP contribution < -0.4 is 14.8 Å². The topological polar surface area (TPSA) is 64.9 Å². The number of thiazole rings is 1. The summed E-state index contributed by atoms with van der Waals surface area (Å²) in [5.74, 6) is 1.25. The molecule has 0 radical (unpaired) electrons. The maximum Gasteiger partial charge on any atom is 0.273 e. The first-order chi connectivity index (χ1) is 13.2. The third-order valence-corrected chi connectivity index (χ3v) is 4.97. The van der Waals surface area contributed by atoms with E-state index >= 15 is 0 Å². The number of carbonyl (C=O) groups is 1. The molecule has 136 valence electrons. The van der Waals surface area contributed by atoms with Crippen molar-refractivity contribution in [1.29, 1.82) is 0 Å².